The summed E-state index contributed by atoms with van der Waals surface area (Å²) >= 11 is 1.52. The molecule has 0 aliphatic heterocycles. The summed E-state index contributed by atoms with van der Waals surface area (Å²) in [5.41, 5.74) is 1.65. The van der Waals surface area contributed by atoms with Crippen molar-refractivity contribution in [3.05, 3.63) is 29.8 Å². The van der Waals surface area contributed by atoms with Gasteiger partial charge in [0.2, 0.25) is 0 Å². The predicted octanol–water partition coefficient (Wildman–Crippen LogP) is 2.60. The van der Waals surface area contributed by atoms with Crippen LogP contribution in [-0.4, -0.2) is 28.2 Å². The molecule has 0 amide bonds. The Morgan fingerprint density at radius 1 is 1.40 bits per heavy atom. The third-order valence-electron chi connectivity index (χ3n) is 2.94. The molecule has 0 aliphatic rings. The summed E-state index contributed by atoms with van der Waals surface area (Å²) in [6, 6.07) is 2.17. The molecule has 104 valence electrons. The van der Waals surface area contributed by atoms with Crippen LogP contribution in [0.4, 0.5) is 0 Å². The molecule has 0 aliphatic carbocycles. The van der Waals surface area contributed by atoms with Gasteiger partial charge in [-0.25, -0.2) is 4.98 Å². The Morgan fingerprint density at radius 3 is 3.05 bits per heavy atom. The molecule has 0 aromatic carbocycles. The quantitative estimate of drug-likeness (QED) is 0.778. The highest BCUT2D eigenvalue weighted by Crippen LogP contribution is 2.28. The van der Waals surface area contributed by atoms with Crippen molar-refractivity contribution in [3.63, 3.8) is 0 Å². The van der Waals surface area contributed by atoms with Crippen molar-refractivity contribution in [2.45, 2.75) is 19.4 Å². The average Bonchev–Trinajstić information content (AvgIpc) is 3.18. The summed E-state index contributed by atoms with van der Waals surface area (Å²) in [4.78, 5) is 8.85. The van der Waals surface area contributed by atoms with Gasteiger partial charge in [-0.15, -0.1) is 11.3 Å². The Bertz CT molecular complexity index is 674. The van der Waals surface area contributed by atoms with Gasteiger partial charge in [-0.2, -0.15) is 4.98 Å². The number of nitrogens with one attached hydrogen (secondary N) is 1. The van der Waals surface area contributed by atoms with Gasteiger partial charge in [0.1, 0.15) is 17.0 Å². The van der Waals surface area contributed by atoms with E-state index in [1.54, 1.807) is 12.5 Å². The fourth-order valence-corrected chi connectivity index (χ4v) is 2.49. The minimum Gasteiger partial charge on any atom is -0.472 e. The van der Waals surface area contributed by atoms with Crippen LogP contribution in [0.5, 0.6) is 0 Å². The molecule has 6 nitrogen and oxygen atoms in total. The molecular formula is C13H14N4O2S. The molecule has 20 heavy (non-hydrogen) atoms. The van der Waals surface area contributed by atoms with Gasteiger partial charge in [-0.05, 0) is 20.0 Å². The summed E-state index contributed by atoms with van der Waals surface area (Å²) in [6.45, 7) is 2.07. The van der Waals surface area contributed by atoms with Crippen molar-refractivity contribution in [2.75, 3.05) is 7.05 Å². The second kappa shape index (κ2) is 5.56. The summed E-state index contributed by atoms with van der Waals surface area (Å²) in [5, 5.41) is 9.89. The van der Waals surface area contributed by atoms with Gasteiger partial charge >= 0.3 is 0 Å². The van der Waals surface area contributed by atoms with E-state index in [1.807, 2.05) is 18.5 Å². The molecule has 0 radical (unpaired) electrons. The van der Waals surface area contributed by atoms with Crippen molar-refractivity contribution in [1.82, 2.24) is 20.4 Å². The van der Waals surface area contributed by atoms with E-state index in [9.17, 15) is 0 Å². The van der Waals surface area contributed by atoms with E-state index in [0.717, 1.165) is 17.0 Å². The number of likely N-dealkylation sites (N-methyl/N-ethyl adjacent to an activating group) is 1. The zero-order chi connectivity index (χ0) is 13.9. The fraction of sp³-hybridized carbons (Fsp3) is 0.308. The minimum absolute atomic E-state index is 0.303. The van der Waals surface area contributed by atoms with Gasteiger partial charge in [0.15, 0.2) is 5.82 Å². The van der Waals surface area contributed by atoms with E-state index in [4.69, 9.17) is 8.94 Å². The number of nitrogens with zero attached hydrogens (tertiary/aromatic N) is 3. The number of hydrogen-bond donors (Lipinski definition) is 1. The maximum atomic E-state index is 5.26. The molecule has 3 aromatic rings. The second-order valence-electron chi connectivity index (χ2n) is 4.46. The van der Waals surface area contributed by atoms with Gasteiger partial charge in [-0.3, -0.25) is 0 Å². The lowest BCUT2D eigenvalue weighted by Gasteiger charge is -2.04. The van der Waals surface area contributed by atoms with Crippen LogP contribution in [0.2, 0.25) is 0 Å². The highest BCUT2D eigenvalue weighted by Gasteiger charge is 2.15. The topological polar surface area (TPSA) is 77.0 Å². The molecule has 1 unspecified atom stereocenters. The predicted molar refractivity (Wildman–Crippen MR) is 75.3 cm³/mol. The summed E-state index contributed by atoms with van der Waals surface area (Å²) < 4.78 is 10.3. The van der Waals surface area contributed by atoms with E-state index < -0.39 is 0 Å². The molecule has 3 heterocycles. The maximum absolute atomic E-state index is 5.26. The molecular weight excluding hydrogens is 276 g/mol. The lowest BCUT2D eigenvalue weighted by Crippen LogP contribution is -2.24. The van der Waals surface area contributed by atoms with Crippen molar-refractivity contribution >= 4 is 11.3 Å². The number of aromatic nitrogens is 3. The Kier molecular flexibility index (Phi) is 3.62. The van der Waals surface area contributed by atoms with Gasteiger partial charge in [0.05, 0.1) is 6.26 Å². The van der Waals surface area contributed by atoms with Crippen LogP contribution in [0.1, 0.15) is 12.7 Å². The largest absolute Gasteiger partial charge is 0.472 e. The van der Waals surface area contributed by atoms with Crippen LogP contribution in [0, 0.1) is 0 Å². The maximum Gasteiger partial charge on any atom is 0.277 e. The Hall–Kier alpha value is -1.99. The fourth-order valence-electron chi connectivity index (χ4n) is 1.71. The Balaban J connectivity index is 1.80. The summed E-state index contributed by atoms with van der Waals surface area (Å²) in [7, 11) is 1.91. The van der Waals surface area contributed by atoms with E-state index in [-0.39, 0.29) is 0 Å². The number of furan rings is 1. The van der Waals surface area contributed by atoms with E-state index in [1.165, 1.54) is 11.3 Å². The zero-order valence-corrected chi connectivity index (χ0v) is 12.0. The standard InChI is InChI=1S/C13H14N4O2S/c1-8(14-2)5-11-16-12(19-17-11)10-7-20-13(15-10)9-3-4-18-6-9/h3-4,6-8,14H,5H2,1-2H3. The van der Waals surface area contributed by atoms with E-state index >= 15 is 0 Å². The van der Waals surface area contributed by atoms with Crippen LogP contribution >= 0.6 is 11.3 Å². The molecule has 0 spiro atoms. The molecule has 1 atom stereocenters. The second-order valence-corrected chi connectivity index (χ2v) is 5.32. The zero-order valence-electron chi connectivity index (χ0n) is 11.2. The molecule has 1 N–H and O–H groups in total. The molecule has 3 aromatic heterocycles. The molecule has 7 heteroatoms. The normalized spacial score (nSPS) is 12.7. The average molecular weight is 290 g/mol. The number of rotatable bonds is 5. The first-order valence-corrected chi connectivity index (χ1v) is 7.12. The van der Waals surface area contributed by atoms with Crippen LogP contribution in [0.25, 0.3) is 22.2 Å². The Labute approximate surface area is 119 Å². The van der Waals surface area contributed by atoms with Crippen molar-refractivity contribution in [3.8, 4) is 22.2 Å². The molecule has 0 bridgehead atoms. The molecule has 3 rings (SSSR count). The van der Waals surface area contributed by atoms with Crippen LogP contribution in [0.3, 0.4) is 0 Å². The Morgan fingerprint density at radius 2 is 2.30 bits per heavy atom. The molecule has 0 saturated heterocycles. The van der Waals surface area contributed by atoms with Gasteiger partial charge < -0.3 is 14.3 Å². The highest BCUT2D eigenvalue weighted by molar-refractivity contribution is 7.13. The highest BCUT2D eigenvalue weighted by atomic mass is 32.1. The lowest BCUT2D eigenvalue weighted by molar-refractivity contribution is 0.417. The van der Waals surface area contributed by atoms with Crippen LogP contribution < -0.4 is 5.32 Å². The third-order valence-corrected chi connectivity index (χ3v) is 3.83. The van der Waals surface area contributed by atoms with Crippen LogP contribution in [-0.2, 0) is 6.42 Å². The van der Waals surface area contributed by atoms with Crippen molar-refractivity contribution in [2.24, 2.45) is 0 Å². The van der Waals surface area contributed by atoms with Gasteiger partial charge in [-0.1, -0.05) is 5.16 Å². The van der Waals surface area contributed by atoms with Crippen molar-refractivity contribution < 1.29 is 8.94 Å². The van der Waals surface area contributed by atoms with Gasteiger partial charge in [0, 0.05) is 23.4 Å². The minimum atomic E-state index is 0.303. The number of hydrogen-bond acceptors (Lipinski definition) is 7. The SMILES string of the molecule is CNC(C)Cc1noc(-c2csc(-c3ccoc3)n2)n1. The molecule has 0 fully saturated rings. The number of thiazole rings is 1. The third kappa shape index (κ3) is 2.63. The van der Waals surface area contributed by atoms with Crippen LogP contribution in [0.15, 0.2) is 32.9 Å². The first-order chi connectivity index (χ1) is 9.76. The smallest absolute Gasteiger partial charge is 0.277 e. The first-order valence-electron chi connectivity index (χ1n) is 6.24. The lowest BCUT2D eigenvalue weighted by atomic mass is 10.2. The van der Waals surface area contributed by atoms with Gasteiger partial charge in [0.25, 0.3) is 5.89 Å². The summed E-state index contributed by atoms with van der Waals surface area (Å²) in [5.74, 6) is 1.13. The first kappa shape index (κ1) is 13.0. The molecule has 0 saturated carbocycles. The monoisotopic (exact) mass is 290 g/mol. The van der Waals surface area contributed by atoms with E-state index in [2.05, 4.69) is 27.4 Å². The van der Waals surface area contributed by atoms with Crippen molar-refractivity contribution in [1.29, 1.82) is 0 Å². The summed E-state index contributed by atoms with van der Waals surface area (Å²) in [6.07, 6.45) is 4.01. The van der Waals surface area contributed by atoms with E-state index in [0.29, 0.717) is 23.5 Å².